The molecule has 12 heavy (non-hydrogen) atoms. The van der Waals surface area contributed by atoms with Crippen molar-refractivity contribution < 1.29 is 18.7 Å². The molecule has 0 heterocycles. The topological polar surface area (TPSA) is 55.8 Å². The number of aliphatic hydroxyl groups is 1. The van der Waals surface area contributed by atoms with Gasteiger partial charge in [-0.25, -0.2) is 0 Å². The first-order valence-electron chi connectivity index (χ1n) is 3.86. The lowest BCUT2D eigenvalue weighted by molar-refractivity contribution is 0.228. The van der Waals surface area contributed by atoms with Crippen molar-refractivity contribution in [3.8, 4) is 0 Å². The predicted octanol–water partition coefficient (Wildman–Crippen LogP) is 1.76. The minimum atomic E-state index is -3.08. The smallest absolute Gasteiger partial charge is 0.353 e. The fourth-order valence-electron chi connectivity index (χ4n) is 0.659. The fraction of sp³-hybridized carbons (Fsp3) is 0.714. The first kappa shape index (κ1) is 11.8. The molecular weight excluding hydrogens is 179 g/mol. The summed E-state index contributed by atoms with van der Waals surface area (Å²) in [5.74, 6) is 1.28. The van der Waals surface area contributed by atoms with Crippen LogP contribution in [0.4, 0.5) is 0 Å². The van der Waals surface area contributed by atoms with Crippen LogP contribution in [-0.4, -0.2) is 24.9 Å². The molecule has 0 fully saturated rings. The van der Waals surface area contributed by atoms with E-state index < -0.39 is 7.60 Å². The van der Waals surface area contributed by atoms with Crippen LogP contribution >= 0.6 is 7.60 Å². The van der Waals surface area contributed by atoms with E-state index in [-0.39, 0.29) is 6.61 Å². The standard InChI is InChI=1S/C7H15O4P/c1-3-10-12(9,11-4-2)7-5-6-8/h5,7-8H,3-4,6H2,1-2H3. The van der Waals surface area contributed by atoms with Crippen molar-refractivity contribution in [3.05, 3.63) is 11.9 Å². The van der Waals surface area contributed by atoms with Gasteiger partial charge in [0, 0.05) is 5.82 Å². The molecule has 72 valence electrons. The van der Waals surface area contributed by atoms with Gasteiger partial charge in [0.15, 0.2) is 0 Å². The van der Waals surface area contributed by atoms with Crippen LogP contribution in [0.3, 0.4) is 0 Å². The van der Waals surface area contributed by atoms with Gasteiger partial charge in [0.2, 0.25) is 0 Å². The summed E-state index contributed by atoms with van der Waals surface area (Å²) in [6, 6.07) is 0. The number of aliphatic hydroxyl groups excluding tert-OH is 1. The Hall–Kier alpha value is -0.150. The van der Waals surface area contributed by atoms with Gasteiger partial charge in [-0.15, -0.1) is 0 Å². The van der Waals surface area contributed by atoms with Gasteiger partial charge in [-0.2, -0.15) is 0 Å². The van der Waals surface area contributed by atoms with E-state index in [4.69, 9.17) is 14.2 Å². The molecule has 0 aromatic rings. The van der Waals surface area contributed by atoms with Gasteiger partial charge in [0.1, 0.15) is 0 Å². The predicted molar refractivity (Wildman–Crippen MR) is 47.1 cm³/mol. The zero-order chi connectivity index (χ0) is 9.45. The molecule has 0 saturated carbocycles. The lowest BCUT2D eigenvalue weighted by atomic mass is 10.7. The zero-order valence-electron chi connectivity index (χ0n) is 7.40. The number of rotatable bonds is 6. The van der Waals surface area contributed by atoms with Crippen LogP contribution in [0.25, 0.3) is 0 Å². The summed E-state index contributed by atoms with van der Waals surface area (Å²) in [6.45, 7) is 3.96. The van der Waals surface area contributed by atoms with Crippen molar-refractivity contribution in [2.75, 3.05) is 19.8 Å². The van der Waals surface area contributed by atoms with Gasteiger partial charge in [0.05, 0.1) is 19.8 Å². The van der Waals surface area contributed by atoms with Crippen LogP contribution in [0.2, 0.25) is 0 Å². The molecule has 4 nitrogen and oxygen atoms in total. The van der Waals surface area contributed by atoms with E-state index >= 15 is 0 Å². The minimum Gasteiger partial charge on any atom is -0.392 e. The summed E-state index contributed by atoms with van der Waals surface area (Å²) in [7, 11) is -3.08. The lowest BCUT2D eigenvalue weighted by Gasteiger charge is -2.11. The van der Waals surface area contributed by atoms with Crippen LogP contribution < -0.4 is 0 Å². The first-order chi connectivity index (χ1) is 5.68. The Balaban J connectivity index is 4.18. The molecule has 0 atom stereocenters. The lowest BCUT2D eigenvalue weighted by Crippen LogP contribution is -1.92. The molecule has 5 heteroatoms. The molecule has 0 spiro atoms. The molecule has 0 aliphatic rings. The summed E-state index contributed by atoms with van der Waals surface area (Å²) < 4.78 is 21.3. The molecule has 0 aliphatic carbocycles. The Morgan fingerprint density at radius 3 is 2.17 bits per heavy atom. The highest BCUT2D eigenvalue weighted by molar-refractivity contribution is 7.57. The Morgan fingerprint density at radius 1 is 1.33 bits per heavy atom. The van der Waals surface area contributed by atoms with Gasteiger partial charge in [-0.1, -0.05) is 6.08 Å². The van der Waals surface area contributed by atoms with Gasteiger partial charge in [0.25, 0.3) is 0 Å². The summed E-state index contributed by atoms with van der Waals surface area (Å²) in [4.78, 5) is 0. The van der Waals surface area contributed by atoms with Gasteiger partial charge >= 0.3 is 7.60 Å². The van der Waals surface area contributed by atoms with E-state index in [0.29, 0.717) is 13.2 Å². The average Bonchev–Trinajstić information content (AvgIpc) is 2.02. The number of hydrogen-bond acceptors (Lipinski definition) is 4. The molecule has 0 amide bonds. The van der Waals surface area contributed by atoms with E-state index in [1.54, 1.807) is 13.8 Å². The maximum Gasteiger partial charge on any atom is 0.353 e. The third-order valence-corrected chi connectivity index (χ3v) is 2.82. The summed E-state index contributed by atoms with van der Waals surface area (Å²) in [6.07, 6.45) is 1.35. The van der Waals surface area contributed by atoms with E-state index in [1.807, 2.05) is 0 Å². The Bertz CT molecular complexity index is 168. The molecule has 0 aromatic carbocycles. The van der Waals surface area contributed by atoms with Crippen molar-refractivity contribution in [3.63, 3.8) is 0 Å². The molecule has 0 bridgehead atoms. The highest BCUT2D eigenvalue weighted by atomic mass is 31.2. The summed E-state index contributed by atoms with van der Waals surface area (Å²) in [5.41, 5.74) is 0. The third-order valence-electron chi connectivity index (χ3n) is 1.01. The largest absolute Gasteiger partial charge is 0.392 e. The quantitative estimate of drug-likeness (QED) is 0.654. The van der Waals surface area contributed by atoms with Crippen molar-refractivity contribution >= 4 is 7.60 Å². The Kier molecular flexibility index (Phi) is 6.30. The van der Waals surface area contributed by atoms with Crippen molar-refractivity contribution in [1.29, 1.82) is 0 Å². The Labute approximate surface area is 72.7 Å². The van der Waals surface area contributed by atoms with Gasteiger partial charge in [-0.3, -0.25) is 4.57 Å². The second kappa shape index (κ2) is 6.38. The molecule has 1 N–H and O–H groups in total. The van der Waals surface area contributed by atoms with E-state index in [1.165, 1.54) is 11.9 Å². The maximum absolute atomic E-state index is 11.5. The second-order valence-electron chi connectivity index (χ2n) is 1.94. The highest BCUT2D eigenvalue weighted by Crippen LogP contribution is 2.49. The first-order valence-corrected chi connectivity index (χ1v) is 5.47. The van der Waals surface area contributed by atoms with Crippen LogP contribution in [0.15, 0.2) is 11.9 Å². The molecule has 0 radical (unpaired) electrons. The van der Waals surface area contributed by atoms with Crippen LogP contribution in [-0.2, 0) is 13.6 Å². The molecule has 0 aromatic heterocycles. The van der Waals surface area contributed by atoms with Crippen LogP contribution in [0.5, 0.6) is 0 Å². The van der Waals surface area contributed by atoms with Crippen LogP contribution in [0, 0.1) is 0 Å². The van der Waals surface area contributed by atoms with Crippen LogP contribution in [0.1, 0.15) is 13.8 Å². The van der Waals surface area contributed by atoms with Crippen molar-refractivity contribution in [2.24, 2.45) is 0 Å². The molecule has 0 rings (SSSR count). The monoisotopic (exact) mass is 194 g/mol. The summed E-state index contributed by atoms with van der Waals surface area (Å²) in [5, 5.41) is 8.45. The van der Waals surface area contributed by atoms with Gasteiger partial charge < -0.3 is 14.2 Å². The molecule has 0 saturated heterocycles. The average molecular weight is 194 g/mol. The molecule has 0 aliphatic heterocycles. The van der Waals surface area contributed by atoms with E-state index in [2.05, 4.69) is 0 Å². The minimum absolute atomic E-state index is 0.163. The third kappa shape index (κ3) is 4.67. The second-order valence-corrected chi connectivity index (χ2v) is 3.84. The summed E-state index contributed by atoms with van der Waals surface area (Å²) >= 11 is 0. The molecular formula is C7H15O4P. The van der Waals surface area contributed by atoms with Crippen molar-refractivity contribution in [2.45, 2.75) is 13.8 Å². The van der Waals surface area contributed by atoms with Gasteiger partial charge in [-0.05, 0) is 13.8 Å². The fourth-order valence-corrected chi connectivity index (χ4v) is 1.98. The molecule has 0 unspecified atom stereocenters. The number of hydrogen-bond donors (Lipinski definition) is 1. The Morgan fingerprint density at radius 2 is 1.83 bits per heavy atom. The normalized spacial score (nSPS) is 12.6. The van der Waals surface area contributed by atoms with E-state index in [9.17, 15) is 4.57 Å². The van der Waals surface area contributed by atoms with E-state index in [0.717, 1.165) is 0 Å². The zero-order valence-corrected chi connectivity index (χ0v) is 8.29. The maximum atomic E-state index is 11.5. The SMILES string of the molecule is CCOP(=O)(C=CCO)OCC. The highest BCUT2D eigenvalue weighted by Gasteiger charge is 2.17. The van der Waals surface area contributed by atoms with Crippen molar-refractivity contribution in [1.82, 2.24) is 0 Å².